The predicted octanol–water partition coefficient (Wildman–Crippen LogP) is 4.11. The number of hydrogen-bond donors (Lipinski definition) is 2. The number of piperidine rings is 1. The van der Waals surface area contributed by atoms with E-state index in [1.165, 1.54) is 16.4 Å². The third kappa shape index (κ3) is 6.02. The van der Waals surface area contributed by atoms with Gasteiger partial charge in [-0.1, -0.05) is 24.6 Å². The number of nitrogens with one attached hydrogen (secondary N) is 2. The summed E-state index contributed by atoms with van der Waals surface area (Å²) in [6.07, 6.45) is 2.91. The second kappa shape index (κ2) is 11.4. The molecule has 2 aliphatic heterocycles. The first-order valence-electron chi connectivity index (χ1n) is 13.0. The molecule has 10 heteroatoms. The largest absolute Gasteiger partial charge is 0.326 e. The van der Waals surface area contributed by atoms with Crippen molar-refractivity contribution in [3.63, 3.8) is 0 Å². The minimum absolute atomic E-state index is 0.0921. The summed E-state index contributed by atoms with van der Waals surface area (Å²) < 4.78 is 27.2. The molecule has 2 heterocycles. The number of sulfonamides is 1. The molecule has 1 atom stereocenters. The van der Waals surface area contributed by atoms with Gasteiger partial charge < -0.3 is 15.5 Å². The maximum atomic E-state index is 12.8. The van der Waals surface area contributed by atoms with E-state index in [1.807, 2.05) is 30.3 Å². The standard InChI is InChI=1S/C29H30N4O5S/c34-27-19-22(20-33(27)25-7-3-1-4-8-25)29(36)31-23-11-9-21(10-12-23)28(35)30-24-13-15-26(16-14-24)39(37,38)32-17-5-2-6-18-32/h1,3-4,7-16,22H,2,5-6,17-20H2,(H,30,35)(H,31,36). The zero-order valence-electron chi connectivity index (χ0n) is 21.4. The number of para-hydroxylation sites is 1. The summed E-state index contributed by atoms with van der Waals surface area (Å²) in [5.41, 5.74) is 2.15. The number of carbonyl (C=O) groups excluding carboxylic acids is 3. The van der Waals surface area contributed by atoms with Gasteiger partial charge in [0.15, 0.2) is 0 Å². The fourth-order valence-electron chi connectivity index (χ4n) is 4.86. The topological polar surface area (TPSA) is 116 Å². The molecule has 3 amide bonds. The van der Waals surface area contributed by atoms with Crippen LogP contribution in [0, 0.1) is 5.92 Å². The molecule has 0 bridgehead atoms. The molecular formula is C29H30N4O5S. The lowest BCUT2D eigenvalue weighted by molar-refractivity contribution is -0.122. The van der Waals surface area contributed by atoms with E-state index in [4.69, 9.17) is 0 Å². The lowest BCUT2D eigenvalue weighted by Gasteiger charge is -2.25. The summed E-state index contributed by atoms with van der Waals surface area (Å²) in [5.74, 6) is -1.18. The van der Waals surface area contributed by atoms with Crippen LogP contribution in [-0.4, -0.2) is 50.1 Å². The molecule has 9 nitrogen and oxygen atoms in total. The van der Waals surface area contributed by atoms with E-state index in [1.54, 1.807) is 41.3 Å². The van der Waals surface area contributed by atoms with Gasteiger partial charge in [0.2, 0.25) is 21.8 Å². The molecule has 0 aliphatic carbocycles. The lowest BCUT2D eigenvalue weighted by Crippen LogP contribution is -2.35. The first-order valence-corrected chi connectivity index (χ1v) is 14.4. The van der Waals surface area contributed by atoms with Crippen LogP contribution in [0.2, 0.25) is 0 Å². The fraction of sp³-hybridized carbons (Fsp3) is 0.276. The zero-order valence-corrected chi connectivity index (χ0v) is 22.2. The maximum Gasteiger partial charge on any atom is 0.255 e. The predicted molar refractivity (Wildman–Crippen MR) is 149 cm³/mol. The third-order valence-electron chi connectivity index (χ3n) is 7.04. The van der Waals surface area contributed by atoms with Gasteiger partial charge in [-0.15, -0.1) is 0 Å². The van der Waals surface area contributed by atoms with Crippen LogP contribution in [0.15, 0.2) is 83.8 Å². The molecule has 39 heavy (non-hydrogen) atoms. The first-order chi connectivity index (χ1) is 18.8. The Balaban J connectivity index is 1.16. The highest BCUT2D eigenvalue weighted by Crippen LogP contribution is 2.26. The molecule has 202 valence electrons. The van der Waals surface area contributed by atoms with Crippen LogP contribution in [-0.2, 0) is 19.6 Å². The van der Waals surface area contributed by atoms with E-state index < -0.39 is 15.9 Å². The minimum atomic E-state index is -3.54. The Morgan fingerprint density at radius 1 is 0.769 bits per heavy atom. The molecule has 2 N–H and O–H groups in total. The summed E-state index contributed by atoms with van der Waals surface area (Å²) in [6.45, 7) is 1.37. The molecule has 3 aromatic carbocycles. The zero-order chi connectivity index (χ0) is 27.4. The highest BCUT2D eigenvalue weighted by Gasteiger charge is 2.35. The van der Waals surface area contributed by atoms with Crippen LogP contribution in [0.3, 0.4) is 0 Å². The molecule has 2 saturated heterocycles. The van der Waals surface area contributed by atoms with E-state index in [0.29, 0.717) is 36.6 Å². The van der Waals surface area contributed by atoms with E-state index in [2.05, 4.69) is 10.6 Å². The highest BCUT2D eigenvalue weighted by molar-refractivity contribution is 7.89. The van der Waals surface area contributed by atoms with Crippen LogP contribution in [0.1, 0.15) is 36.0 Å². The van der Waals surface area contributed by atoms with Crippen molar-refractivity contribution in [1.29, 1.82) is 0 Å². The van der Waals surface area contributed by atoms with Gasteiger partial charge in [-0.2, -0.15) is 4.31 Å². The Morgan fingerprint density at radius 3 is 2.05 bits per heavy atom. The summed E-state index contributed by atoms with van der Waals surface area (Å²) in [7, 11) is -3.54. The van der Waals surface area contributed by atoms with Crippen molar-refractivity contribution in [2.24, 2.45) is 5.92 Å². The van der Waals surface area contributed by atoms with Crippen LogP contribution >= 0.6 is 0 Å². The van der Waals surface area contributed by atoms with Gasteiger partial charge >= 0.3 is 0 Å². The number of amides is 3. The van der Waals surface area contributed by atoms with Crippen molar-refractivity contribution in [1.82, 2.24) is 4.31 Å². The number of rotatable bonds is 7. The summed E-state index contributed by atoms with van der Waals surface area (Å²) in [5, 5.41) is 5.60. The van der Waals surface area contributed by atoms with Crippen molar-refractivity contribution in [2.75, 3.05) is 35.2 Å². The van der Waals surface area contributed by atoms with E-state index in [-0.39, 0.29) is 29.0 Å². The van der Waals surface area contributed by atoms with Gasteiger partial charge in [-0.3, -0.25) is 14.4 Å². The maximum absolute atomic E-state index is 12.8. The highest BCUT2D eigenvalue weighted by atomic mass is 32.2. The summed E-state index contributed by atoms with van der Waals surface area (Å²) in [6, 6.07) is 21.9. The molecule has 2 fully saturated rings. The second-order valence-electron chi connectivity index (χ2n) is 9.75. The van der Waals surface area contributed by atoms with Gasteiger partial charge in [-0.05, 0) is 73.5 Å². The Labute approximate surface area is 227 Å². The minimum Gasteiger partial charge on any atom is -0.326 e. The lowest BCUT2D eigenvalue weighted by atomic mass is 10.1. The van der Waals surface area contributed by atoms with Gasteiger partial charge in [-0.25, -0.2) is 8.42 Å². The Bertz CT molecular complexity index is 1450. The number of benzene rings is 3. The molecule has 0 spiro atoms. The molecular weight excluding hydrogens is 516 g/mol. The molecule has 1 unspecified atom stereocenters. The van der Waals surface area contributed by atoms with Gasteiger partial charge in [0, 0.05) is 48.7 Å². The normalized spacial score (nSPS) is 18.1. The molecule has 2 aliphatic rings. The van der Waals surface area contributed by atoms with Crippen molar-refractivity contribution in [3.05, 3.63) is 84.4 Å². The number of anilines is 3. The van der Waals surface area contributed by atoms with Crippen LogP contribution in [0.4, 0.5) is 17.1 Å². The molecule has 0 aromatic heterocycles. The van der Waals surface area contributed by atoms with Crippen molar-refractivity contribution in [3.8, 4) is 0 Å². The van der Waals surface area contributed by atoms with E-state index >= 15 is 0 Å². The quantitative estimate of drug-likeness (QED) is 0.463. The Hall–Kier alpha value is -4.02. The fourth-order valence-corrected chi connectivity index (χ4v) is 6.37. The SMILES string of the molecule is O=C(Nc1ccc(S(=O)(=O)N2CCCCC2)cc1)c1ccc(NC(=O)C2CC(=O)N(c3ccccc3)C2)cc1. The summed E-state index contributed by atoms with van der Waals surface area (Å²) >= 11 is 0. The second-order valence-corrected chi connectivity index (χ2v) is 11.7. The number of carbonyl (C=O) groups is 3. The molecule has 0 radical (unpaired) electrons. The average Bonchev–Trinajstić information content (AvgIpc) is 3.36. The molecule has 0 saturated carbocycles. The van der Waals surface area contributed by atoms with E-state index in [0.717, 1.165) is 24.9 Å². The Morgan fingerprint density at radius 2 is 1.38 bits per heavy atom. The third-order valence-corrected chi connectivity index (χ3v) is 8.96. The average molecular weight is 547 g/mol. The van der Waals surface area contributed by atoms with Gasteiger partial charge in [0.1, 0.15) is 0 Å². The van der Waals surface area contributed by atoms with Crippen molar-refractivity contribution < 1.29 is 22.8 Å². The van der Waals surface area contributed by atoms with E-state index in [9.17, 15) is 22.8 Å². The van der Waals surface area contributed by atoms with Crippen LogP contribution in [0.25, 0.3) is 0 Å². The van der Waals surface area contributed by atoms with Gasteiger partial charge in [0.05, 0.1) is 10.8 Å². The molecule has 3 aromatic rings. The van der Waals surface area contributed by atoms with Crippen LogP contribution in [0.5, 0.6) is 0 Å². The summed E-state index contributed by atoms with van der Waals surface area (Å²) in [4.78, 5) is 39.8. The van der Waals surface area contributed by atoms with Gasteiger partial charge in [0.25, 0.3) is 5.91 Å². The first kappa shape index (κ1) is 26.6. The number of nitrogens with zero attached hydrogens (tertiary/aromatic N) is 2. The Kier molecular flexibility index (Phi) is 7.76. The van der Waals surface area contributed by atoms with Crippen molar-refractivity contribution in [2.45, 2.75) is 30.6 Å². The number of hydrogen-bond acceptors (Lipinski definition) is 5. The molecule has 5 rings (SSSR count). The monoisotopic (exact) mass is 546 g/mol. The smallest absolute Gasteiger partial charge is 0.255 e. The van der Waals surface area contributed by atoms with Crippen LogP contribution < -0.4 is 15.5 Å². The van der Waals surface area contributed by atoms with Crippen molar-refractivity contribution >= 4 is 44.8 Å².